The first-order chi connectivity index (χ1) is 5.31. The maximum absolute atomic E-state index is 9.27. The number of allylic oxidation sites excluding steroid dienone is 1. The molecule has 0 aromatic heterocycles. The molecule has 1 atom stereocenters. The monoisotopic (exact) mass is 152 g/mol. The van der Waals surface area contributed by atoms with Gasteiger partial charge in [0.2, 0.25) is 0 Å². The van der Waals surface area contributed by atoms with E-state index in [2.05, 4.69) is 6.08 Å². The van der Waals surface area contributed by atoms with Gasteiger partial charge in [0.1, 0.15) is 0 Å². The average molecular weight is 152 g/mol. The van der Waals surface area contributed by atoms with Crippen molar-refractivity contribution in [2.24, 2.45) is 5.41 Å². The minimum Gasteiger partial charge on any atom is -0.389 e. The molecule has 1 nitrogen and oxygen atoms in total. The quantitative estimate of drug-likeness (QED) is 0.528. The zero-order chi connectivity index (χ0) is 7.73. The molecule has 1 heteroatoms. The Morgan fingerprint density at radius 2 is 1.91 bits per heavy atom. The first kappa shape index (κ1) is 7.35. The van der Waals surface area contributed by atoms with E-state index >= 15 is 0 Å². The van der Waals surface area contributed by atoms with E-state index in [9.17, 15) is 5.11 Å². The van der Waals surface area contributed by atoms with Crippen molar-refractivity contribution in [3.05, 3.63) is 12.2 Å². The van der Waals surface area contributed by atoms with Gasteiger partial charge >= 0.3 is 0 Å². The topological polar surface area (TPSA) is 20.2 Å². The third kappa shape index (κ3) is 1.34. The fraction of sp³-hybridized carbons (Fsp3) is 0.800. The van der Waals surface area contributed by atoms with Gasteiger partial charge in [-0.25, -0.2) is 0 Å². The van der Waals surface area contributed by atoms with Crippen LogP contribution in [0.25, 0.3) is 0 Å². The number of rotatable bonds is 0. The van der Waals surface area contributed by atoms with Gasteiger partial charge in [-0.15, -0.1) is 0 Å². The molecule has 0 aromatic rings. The van der Waals surface area contributed by atoms with Gasteiger partial charge < -0.3 is 5.11 Å². The number of aliphatic hydroxyl groups is 1. The highest BCUT2D eigenvalue weighted by atomic mass is 16.3. The third-order valence-corrected chi connectivity index (χ3v) is 3.21. The van der Waals surface area contributed by atoms with E-state index in [1.165, 1.54) is 32.1 Å². The van der Waals surface area contributed by atoms with Crippen LogP contribution in [0.3, 0.4) is 0 Å². The van der Waals surface area contributed by atoms with E-state index in [4.69, 9.17) is 0 Å². The van der Waals surface area contributed by atoms with E-state index in [1.54, 1.807) is 0 Å². The van der Waals surface area contributed by atoms with Gasteiger partial charge in [-0.05, 0) is 31.1 Å². The summed E-state index contributed by atoms with van der Waals surface area (Å²) < 4.78 is 0. The third-order valence-electron chi connectivity index (χ3n) is 3.21. The van der Waals surface area contributed by atoms with Crippen molar-refractivity contribution >= 4 is 0 Å². The lowest BCUT2D eigenvalue weighted by Crippen LogP contribution is -2.21. The van der Waals surface area contributed by atoms with E-state index in [0.717, 1.165) is 6.42 Å². The predicted octanol–water partition coefficient (Wildman–Crippen LogP) is 2.26. The van der Waals surface area contributed by atoms with Gasteiger partial charge in [-0.2, -0.15) is 0 Å². The number of hydrogen-bond donors (Lipinski definition) is 1. The van der Waals surface area contributed by atoms with Gasteiger partial charge in [0.05, 0.1) is 6.10 Å². The van der Waals surface area contributed by atoms with Crippen molar-refractivity contribution in [3.8, 4) is 0 Å². The molecule has 2 rings (SSSR count). The van der Waals surface area contributed by atoms with Crippen LogP contribution in [-0.2, 0) is 0 Å². The Labute approximate surface area is 68.1 Å². The van der Waals surface area contributed by atoms with Crippen LogP contribution in [-0.4, -0.2) is 11.2 Å². The normalized spacial score (nSPS) is 34.8. The highest BCUT2D eigenvalue weighted by Gasteiger charge is 2.33. The Hall–Kier alpha value is -0.300. The summed E-state index contributed by atoms with van der Waals surface area (Å²) in [6.07, 6.45) is 11.8. The molecule has 0 radical (unpaired) electrons. The smallest absolute Gasteiger partial charge is 0.0721 e. The summed E-state index contributed by atoms with van der Waals surface area (Å²) in [5.74, 6) is 0. The standard InChI is InChI=1S/C10H16O/c11-9-3-7-10(8-4-9)5-1-2-6-10/h3,7,9,11H,1-2,4-6,8H2. The zero-order valence-corrected chi connectivity index (χ0v) is 6.92. The van der Waals surface area contributed by atoms with Gasteiger partial charge in [-0.3, -0.25) is 0 Å². The van der Waals surface area contributed by atoms with Crippen molar-refractivity contribution in [2.45, 2.75) is 44.6 Å². The maximum Gasteiger partial charge on any atom is 0.0721 e. The molecular weight excluding hydrogens is 136 g/mol. The molecule has 0 aliphatic heterocycles. The van der Waals surface area contributed by atoms with Crippen LogP contribution in [0.15, 0.2) is 12.2 Å². The van der Waals surface area contributed by atoms with E-state index in [-0.39, 0.29) is 6.10 Å². The van der Waals surface area contributed by atoms with Crippen LogP contribution in [0, 0.1) is 5.41 Å². The summed E-state index contributed by atoms with van der Waals surface area (Å²) in [4.78, 5) is 0. The fourth-order valence-corrected chi connectivity index (χ4v) is 2.43. The lowest BCUT2D eigenvalue weighted by molar-refractivity contribution is 0.171. The highest BCUT2D eigenvalue weighted by Crippen LogP contribution is 2.45. The highest BCUT2D eigenvalue weighted by molar-refractivity contribution is 5.08. The van der Waals surface area contributed by atoms with Crippen LogP contribution in [0.5, 0.6) is 0 Å². The molecule has 1 unspecified atom stereocenters. The molecular formula is C10H16O. The Kier molecular flexibility index (Phi) is 1.76. The van der Waals surface area contributed by atoms with Crippen LogP contribution >= 0.6 is 0 Å². The summed E-state index contributed by atoms with van der Waals surface area (Å²) in [5, 5.41) is 9.27. The second-order valence-electron chi connectivity index (χ2n) is 4.03. The van der Waals surface area contributed by atoms with Crippen LogP contribution in [0.1, 0.15) is 38.5 Å². The van der Waals surface area contributed by atoms with Gasteiger partial charge in [0, 0.05) is 0 Å². The number of aliphatic hydroxyl groups excluding tert-OH is 1. The molecule has 0 heterocycles. The molecule has 11 heavy (non-hydrogen) atoms. The van der Waals surface area contributed by atoms with Crippen molar-refractivity contribution in [1.29, 1.82) is 0 Å². The van der Waals surface area contributed by atoms with Crippen LogP contribution < -0.4 is 0 Å². The fourth-order valence-electron chi connectivity index (χ4n) is 2.43. The van der Waals surface area contributed by atoms with Crippen LogP contribution in [0.4, 0.5) is 0 Å². The summed E-state index contributed by atoms with van der Waals surface area (Å²) in [5.41, 5.74) is 0.513. The van der Waals surface area contributed by atoms with Crippen molar-refractivity contribution in [3.63, 3.8) is 0 Å². The van der Waals surface area contributed by atoms with Crippen molar-refractivity contribution in [2.75, 3.05) is 0 Å². The molecule has 0 amide bonds. The Bertz CT molecular complexity index is 166. The summed E-state index contributed by atoms with van der Waals surface area (Å²) >= 11 is 0. The van der Waals surface area contributed by atoms with Crippen molar-refractivity contribution in [1.82, 2.24) is 0 Å². The first-order valence-corrected chi connectivity index (χ1v) is 4.68. The molecule has 1 saturated carbocycles. The molecule has 62 valence electrons. The van der Waals surface area contributed by atoms with Crippen LogP contribution in [0.2, 0.25) is 0 Å². The van der Waals surface area contributed by atoms with E-state index in [0.29, 0.717) is 5.41 Å². The molecule has 1 N–H and O–H groups in total. The average Bonchev–Trinajstić information content (AvgIpc) is 2.45. The van der Waals surface area contributed by atoms with Gasteiger partial charge in [-0.1, -0.05) is 25.0 Å². The maximum atomic E-state index is 9.27. The second kappa shape index (κ2) is 2.63. The largest absolute Gasteiger partial charge is 0.389 e. The zero-order valence-electron chi connectivity index (χ0n) is 6.92. The molecule has 0 saturated heterocycles. The SMILES string of the molecule is OC1C=CC2(CCCC2)CC1. The molecule has 0 bridgehead atoms. The lowest BCUT2D eigenvalue weighted by atomic mass is 9.77. The minimum atomic E-state index is -0.152. The molecule has 1 spiro atoms. The molecule has 2 aliphatic carbocycles. The minimum absolute atomic E-state index is 0.152. The summed E-state index contributed by atoms with van der Waals surface area (Å²) in [7, 11) is 0. The van der Waals surface area contributed by atoms with E-state index in [1.807, 2.05) is 6.08 Å². The van der Waals surface area contributed by atoms with Gasteiger partial charge in [0.15, 0.2) is 0 Å². The molecule has 2 aliphatic rings. The Morgan fingerprint density at radius 1 is 1.18 bits per heavy atom. The summed E-state index contributed by atoms with van der Waals surface area (Å²) in [6, 6.07) is 0. The first-order valence-electron chi connectivity index (χ1n) is 4.68. The molecule has 0 aromatic carbocycles. The Balaban J connectivity index is 2.09. The summed E-state index contributed by atoms with van der Waals surface area (Å²) in [6.45, 7) is 0. The van der Waals surface area contributed by atoms with Gasteiger partial charge in [0.25, 0.3) is 0 Å². The molecule has 1 fully saturated rings. The Morgan fingerprint density at radius 3 is 2.45 bits per heavy atom. The van der Waals surface area contributed by atoms with E-state index < -0.39 is 0 Å². The lowest BCUT2D eigenvalue weighted by Gasteiger charge is -2.29. The predicted molar refractivity (Wildman–Crippen MR) is 45.3 cm³/mol. The van der Waals surface area contributed by atoms with Crippen molar-refractivity contribution < 1.29 is 5.11 Å². The number of hydrogen-bond acceptors (Lipinski definition) is 1. The second-order valence-corrected chi connectivity index (χ2v) is 4.03.